The summed E-state index contributed by atoms with van der Waals surface area (Å²) < 4.78 is 7.28. The summed E-state index contributed by atoms with van der Waals surface area (Å²) in [5, 5.41) is 7.15. The molecule has 1 saturated carbocycles. The van der Waals surface area contributed by atoms with Crippen LogP contribution in [0, 0.1) is 5.92 Å². The average molecular weight is 294 g/mol. The van der Waals surface area contributed by atoms with Crippen LogP contribution in [0.25, 0.3) is 5.65 Å². The SMILES string of the molecule is O=C(Nc1cn2nc(Oc3ccccc3)ccc2n1)C1CC1. The first-order chi connectivity index (χ1) is 10.8. The molecule has 6 heteroatoms. The minimum absolute atomic E-state index is 0.0316. The van der Waals surface area contributed by atoms with E-state index in [0.29, 0.717) is 17.3 Å². The highest BCUT2D eigenvalue weighted by molar-refractivity contribution is 5.93. The number of aromatic nitrogens is 3. The zero-order valence-electron chi connectivity index (χ0n) is 11.8. The van der Waals surface area contributed by atoms with E-state index in [2.05, 4.69) is 15.4 Å². The van der Waals surface area contributed by atoms with Gasteiger partial charge >= 0.3 is 0 Å². The van der Waals surface area contributed by atoms with E-state index in [0.717, 1.165) is 18.6 Å². The van der Waals surface area contributed by atoms with Crippen molar-refractivity contribution in [3.8, 4) is 11.6 Å². The van der Waals surface area contributed by atoms with Crippen molar-refractivity contribution in [2.45, 2.75) is 12.8 Å². The van der Waals surface area contributed by atoms with Gasteiger partial charge in [0.05, 0.1) is 6.20 Å². The third kappa shape index (κ3) is 2.63. The smallest absolute Gasteiger partial charge is 0.237 e. The highest BCUT2D eigenvalue weighted by Gasteiger charge is 2.30. The molecule has 3 aromatic rings. The number of hydrogen-bond donors (Lipinski definition) is 1. The molecular formula is C16H14N4O2. The van der Waals surface area contributed by atoms with E-state index >= 15 is 0 Å². The van der Waals surface area contributed by atoms with Gasteiger partial charge in [-0.2, -0.15) is 0 Å². The van der Waals surface area contributed by atoms with Crippen LogP contribution in [0.3, 0.4) is 0 Å². The molecular weight excluding hydrogens is 280 g/mol. The molecule has 0 radical (unpaired) electrons. The molecule has 1 amide bonds. The summed E-state index contributed by atoms with van der Waals surface area (Å²) in [6.45, 7) is 0. The number of rotatable bonds is 4. The zero-order valence-corrected chi connectivity index (χ0v) is 11.8. The number of benzene rings is 1. The van der Waals surface area contributed by atoms with Crippen molar-refractivity contribution in [3.05, 3.63) is 48.7 Å². The summed E-state index contributed by atoms with van der Waals surface area (Å²) in [6.07, 6.45) is 3.62. The van der Waals surface area contributed by atoms with E-state index in [1.807, 2.05) is 30.3 Å². The second-order valence-corrected chi connectivity index (χ2v) is 5.28. The molecule has 4 rings (SSSR count). The molecule has 110 valence electrons. The lowest BCUT2D eigenvalue weighted by molar-refractivity contribution is -0.117. The fourth-order valence-electron chi connectivity index (χ4n) is 2.16. The van der Waals surface area contributed by atoms with Crippen LogP contribution in [0.5, 0.6) is 11.6 Å². The van der Waals surface area contributed by atoms with Crippen LogP contribution in [0.2, 0.25) is 0 Å². The molecule has 0 bridgehead atoms. The van der Waals surface area contributed by atoms with E-state index in [1.165, 1.54) is 0 Å². The predicted octanol–water partition coefficient (Wildman–Crippen LogP) is 2.87. The number of carbonyl (C=O) groups excluding carboxylic acids is 1. The Labute approximate surface area is 126 Å². The number of carbonyl (C=O) groups is 1. The topological polar surface area (TPSA) is 68.5 Å². The van der Waals surface area contributed by atoms with Gasteiger partial charge in [0.1, 0.15) is 5.75 Å². The third-order valence-electron chi connectivity index (χ3n) is 3.46. The summed E-state index contributed by atoms with van der Waals surface area (Å²) in [7, 11) is 0. The van der Waals surface area contributed by atoms with E-state index in [1.54, 1.807) is 22.8 Å². The van der Waals surface area contributed by atoms with E-state index in [9.17, 15) is 4.79 Å². The Morgan fingerprint density at radius 2 is 2.00 bits per heavy atom. The molecule has 6 nitrogen and oxygen atoms in total. The number of fused-ring (bicyclic) bond motifs is 1. The molecule has 0 spiro atoms. The molecule has 0 unspecified atom stereocenters. The maximum atomic E-state index is 11.8. The fourth-order valence-corrected chi connectivity index (χ4v) is 2.16. The maximum absolute atomic E-state index is 11.8. The Kier molecular flexibility index (Phi) is 3.00. The first kappa shape index (κ1) is 12.8. The van der Waals surface area contributed by atoms with Crippen LogP contribution in [0.4, 0.5) is 5.82 Å². The standard InChI is InChI=1S/C16H14N4O2/c21-16(11-6-7-11)18-13-10-20-14(17-13)8-9-15(19-20)22-12-4-2-1-3-5-12/h1-5,8-11H,6-7H2,(H,18,21). The number of imidazole rings is 1. The molecule has 0 saturated heterocycles. The van der Waals surface area contributed by atoms with Crippen molar-refractivity contribution < 1.29 is 9.53 Å². The van der Waals surface area contributed by atoms with Gasteiger partial charge in [-0.3, -0.25) is 4.79 Å². The second-order valence-electron chi connectivity index (χ2n) is 5.28. The highest BCUT2D eigenvalue weighted by atomic mass is 16.5. The van der Waals surface area contributed by atoms with Gasteiger partial charge in [-0.25, -0.2) is 9.50 Å². The van der Waals surface area contributed by atoms with Gasteiger partial charge in [-0.05, 0) is 31.0 Å². The Bertz CT molecular complexity index is 825. The summed E-state index contributed by atoms with van der Waals surface area (Å²) in [6, 6.07) is 13.0. The summed E-state index contributed by atoms with van der Waals surface area (Å²) in [5.41, 5.74) is 0.659. The molecule has 1 fully saturated rings. The highest BCUT2D eigenvalue weighted by Crippen LogP contribution is 2.30. The number of nitrogens with zero attached hydrogens (tertiary/aromatic N) is 3. The Morgan fingerprint density at radius 3 is 2.77 bits per heavy atom. The lowest BCUT2D eigenvalue weighted by atomic mass is 10.3. The second kappa shape index (κ2) is 5.14. The van der Waals surface area contributed by atoms with Gasteiger partial charge in [0.25, 0.3) is 0 Å². The molecule has 2 aromatic heterocycles. The first-order valence-corrected chi connectivity index (χ1v) is 7.18. The minimum atomic E-state index is 0.0316. The van der Waals surface area contributed by atoms with Gasteiger partial charge < -0.3 is 10.1 Å². The Hall–Kier alpha value is -2.89. The van der Waals surface area contributed by atoms with Gasteiger partial charge in [0.2, 0.25) is 11.8 Å². The van der Waals surface area contributed by atoms with Crippen LogP contribution in [0.15, 0.2) is 48.7 Å². The normalized spacial score (nSPS) is 14.0. The molecule has 1 N–H and O–H groups in total. The van der Waals surface area contributed by atoms with Crippen LogP contribution in [0.1, 0.15) is 12.8 Å². The molecule has 0 atom stereocenters. The van der Waals surface area contributed by atoms with Crippen LogP contribution >= 0.6 is 0 Å². The quantitative estimate of drug-likeness (QED) is 0.803. The van der Waals surface area contributed by atoms with Gasteiger partial charge in [0.15, 0.2) is 11.5 Å². The number of para-hydroxylation sites is 1. The Balaban J connectivity index is 1.56. The molecule has 2 heterocycles. The predicted molar refractivity (Wildman–Crippen MR) is 80.9 cm³/mol. The van der Waals surface area contributed by atoms with Crippen molar-refractivity contribution in [2.75, 3.05) is 5.32 Å². The third-order valence-corrected chi connectivity index (χ3v) is 3.46. The van der Waals surface area contributed by atoms with E-state index in [4.69, 9.17) is 4.74 Å². The summed E-state index contributed by atoms with van der Waals surface area (Å²) in [4.78, 5) is 16.1. The number of nitrogens with one attached hydrogen (secondary N) is 1. The first-order valence-electron chi connectivity index (χ1n) is 7.18. The molecule has 1 aliphatic rings. The van der Waals surface area contributed by atoms with Crippen molar-refractivity contribution >= 4 is 17.4 Å². The lowest BCUT2D eigenvalue weighted by Gasteiger charge is -2.03. The average Bonchev–Trinajstić information content (AvgIpc) is 3.30. The fraction of sp³-hybridized carbons (Fsp3) is 0.188. The molecule has 1 aromatic carbocycles. The zero-order chi connectivity index (χ0) is 14.9. The largest absolute Gasteiger partial charge is 0.438 e. The van der Waals surface area contributed by atoms with E-state index in [-0.39, 0.29) is 11.8 Å². The number of amides is 1. The summed E-state index contributed by atoms with van der Waals surface area (Å²) in [5.74, 6) is 1.88. The monoisotopic (exact) mass is 294 g/mol. The molecule has 0 aliphatic heterocycles. The van der Waals surface area contributed by atoms with Crippen LogP contribution in [-0.4, -0.2) is 20.5 Å². The number of anilines is 1. The van der Waals surface area contributed by atoms with Crippen LogP contribution in [-0.2, 0) is 4.79 Å². The van der Waals surface area contributed by atoms with Crippen LogP contribution < -0.4 is 10.1 Å². The van der Waals surface area contributed by atoms with Crippen molar-refractivity contribution in [2.24, 2.45) is 5.92 Å². The summed E-state index contributed by atoms with van der Waals surface area (Å²) >= 11 is 0. The van der Waals surface area contributed by atoms with E-state index < -0.39 is 0 Å². The van der Waals surface area contributed by atoms with Gasteiger partial charge in [-0.1, -0.05) is 18.2 Å². The van der Waals surface area contributed by atoms with Crippen molar-refractivity contribution in [3.63, 3.8) is 0 Å². The maximum Gasteiger partial charge on any atom is 0.237 e. The lowest BCUT2D eigenvalue weighted by Crippen LogP contribution is -2.13. The molecule has 22 heavy (non-hydrogen) atoms. The minimum Gasteiger partial charge on any atom is -0.438 e. The number of hydrogen-bond acceptors (Lipinski definition) is 4. The Morgan fingerprint density at radius 1 is 1.18 bits per heavy atom. The van der Waals surface area contributed by atoms with Gasteiger partial charge in [0, 0.05) is 12.0 Å². The number of ether oxygens (including phenoxy) is 1. The van der Waals surface area contributed by atoms with Crippen molar-refractivity contribution in [1.82, 2.24) is 14.6 Å². The van der Waals surface area contributed by atoms with Gasteiger partial charge in [-0.15, -0.1) is 5.10 Å². The molecule has 1 aliphatic carbocycles. The van der Waals surface area contributed by atoms with Crippen molar-refractivity contribution in [1.29, 1.82) is 0 Å².